The van der Waals surface area contributed by atoms with Crippen LogP contribution < -0.4 is 13.6 Å². The molecule has 0 saturated heterocycles. The molecular weight excluding hydrogens is 579 g/mol. The average Bonchev–Trinajstić information content (AvgIpc) is 3.02. The molecule has 1 atom stereocenters. The van der Waals surface area contributed by atoms with Crippen molar-refractivity contribution in [3.8, 4) is 17.2 Å². The summed E-state index contributed by atoms with van der Waals surface area (Å²) < 4.78 is 41.8. The fourth-order valence-corrected chi connectivity index (χ4v) is 5.42. The van der Waals surface area contributed by atoms with Crippen LogP contribution in [0.5, 0.6) is 17.2 Å². The predicted molar refractivity (Wildman–Crippen MR) is 168 cm³/mol. The predicted octanol–water partition coefficient (Wildman–Crippen LogP) is 8.78. The molecule has 44 heavy (non-hydrogen) atoms. The van der Waals surface area contributed by atoms with E-state index in [2.05, 4.69) is 0 Å². The normalized spacial score (nSPS) is 12.0. The van der Waals surface area contributed by atoms with Crippen molar-refractivity contribution < 1.29 is 37.2 Å². The van der Waals surface area contributed by atoms with Gasteiger partial charge in [0.15, 0.2) is 0 Å². The van der Waals surface area contributed by atoms with Crippen molar-refractivity contribution in [2.45, 2.75) is 46.0 Å². The highest BCUT2D eigenvalue weighted by Crippen LogP contribution is 2.49. The third kappa shape index (κ3) is 10.0. The van der Waals surface area contributed by atoms with E-state index in [1.54, 1.807) is 78.9 Å². The van der Waals surface area contributed by atoms with Gasteiger partial charge in [-0.3, -0.25) is 0 Å². The van der Waals surface area contributed by atoms with E-state index < -0.39 is 19.8 Å². The van der Waals surface area contributed by atoms with E-state index in [0.29, 0.717) is 36.7 Å². The Morgan fingerprint density at radius 1 is 0.614 bits per heavy atom. The first kappa shape index (κ1) is 32.4. The van der Waals surface area contributed by atoms with Gasteiger partial charge in [0, 0.05) is 0 Å². The lowest BCUT2D eigenvalue weighted by Crippen LogP contribution is -2.15. The Kier molecular flexibility index (Phi) is 12.0. The van der Waals surface area contributed by atoms with E-state index in [-0.39, 0.29) is 17.7 Å². The first-order valence-electron chi connectivity index (χ1n) is 14.7. The van der Waals surface area contributed by atoms with Crippen LogP contribution in [0.3, 0.4) is 0 Å². The molecule has 0 aromatic heterocycles. The zero-order chi connectivity index (χ0) is 31.2. The van der Waals surface area contributed by atoms with Gasteiger partial charge in [-0.1, -0.05) is 73.5 Å². The number of esters is 2. The van der Waals surface area contributed by atoms with Crippen molar-refractivity contribution in [1.29, 1.82) is 0 Å². The molecule has 0 amide bonds. The molecule has 4 rings (SSSR count). The van der Waals surface area contributed by atoms with Gasteiger partial charge >= 0.3 is 19.8 Å². The molecular formula is C35H37O8P. The molecule has 0 fully saturated rings. The van der Waals surface area contributed by atoms with Gasteiger partial charge < -0.3 is 23.0 Å². The molecule has 0 N–H and O–H groups in total. The second-order valence-electron chi connectivity index (χ2n) is 10.1. The Labute approximate surface area is 258 Å². The maximum atomic E-state index is 13.8. The average molecular weight is 617 g/mol. The lowest BCUT2D eigenvalue weighted by molar-refractivity contribution is 0.0452. The first-order chi connectivity index (χ1) is 21.3. The largest absolute Gasteiger partial charge is 0.647 e. The second-order valence-corrected chi connectivity index (χ2v) is 11.6. The standard InChI is InChI=1S/C35H37O8P/c1-3-4-24-39-34(36)32-18-8-9-19-33(32)35(37)40-25-11-10-13-28-14-12-17-31(26-28)43-44(38,41-29-15-6-5-7-16-29)42-30-22-20-27(2)21-23-30/h5-9,12,14-23,26H,3-4,10-11,13,24-25H2,1-2H3. The molecule has 4 aromatic rings. The first-order valence-corrected chi connectivity index (χ1v) is 16.1. The molecule has 0 aliphatic carbocycles. The van der Waals surface area contributed by atoms with Crippen LogP contribution in [-0.4, -0.2) is 25.2 Å². The lowest BCUT2D eigenvalue weighted by atomic mass is 10.1. The van der Waals surface area contributed by atoms with Gasteiger partial charge in [0.2, 0.25) is 0 Å². The number of phosphoric ester groups is 1. The number of carbonyl (C=O) groups is 2. The summed E-state index contributed by atoms with van der Waals surface area (Å²) in [6.07, 6.45) is 3.65. The smallest absolute Gasteiger partial charge is 0.462 e. The van der Waals surface area contributed by atoms with Gasteiger partial charge in [0.1, 0.15) is 17.2 Å². The Hall–Kier alpha value is -4.55. The third-order valence-electron chi connectivity index (χ3n) is 6.51. The van der Waals surface area contributed by atoms with E-state index in [4.69, 9.17) is 23.0 Å². The van der Waals surface area contributed by atoms with Gasteiger partial charge in [-0.05, 0) is 86.7 Å². The molecule has 0 bridgehead atoms. The van der Waals surface area contributed by atoms with Crippen molar-refractivity contribution in [3.05, 3.63) is 125 Å². The van der Waals surface area contributed by atoms with E-state index in [1.807, 2.05) is 38.1 Å². The maximum absolute atomic E-state index is 13.8. The quantitative estimate of drug-likeness (QED) is 0.0700. The van der Waals surface area contributed by atoms with E-state index in [9.17, 15) is 14.2 Å². The highest BCUT2D eigenvalue weighted by Gasteiger charge is 2.33. The molecule has 0 aliphatic rings. The molecule has 1 unspecified atom stereocenters. The van der Waals surface area contributed by atoms with Crippen molar-refractivity contribution in [3.63, 3.8) is 0 Å². The number of hydrogen-bond donors (Lipinski definition) is 0. The fourth-order valence-electron chi connectivity index (χ4n) is 4.18. The molecule has 0 spiro atoms. The number of phosphoric acid groups is 1. The molecule has 230 valence electrons. The van der Waals surface area contributed by atoms with Crippen molar-refractivity contribution in [1.82, 2.24) is 0 Å². The zero-order valence-electron chi connectivity index (χ0n) is 25.0. The zero-order valence-corrected chi connectivity index (χ0v) is 25.9. The van der Waals surface area contributed by atoms with Crippen LogP contribution in [0.2, 0.25) is 0 Å². The number of benzene rings is 4. The number of carbonyl (C=O) groups excluding carboxylic acids is 2. The van der Waals surface area contributed by atoms with Crippen LogP contribution >= 0.6 is 7.82 Å². The summed E-state index contributed by atoms with van der Waals surface area (Å²) in [4.78, 5) is 25.1. The molecule has 0 saturated carbocycles. The van der Waals surface area contributed by atoms with Gasteiger partial charge in [-0.2, -0.15) is 4.57 Å². The van der Waals surface area contributed by atoms with Gasteiger partial charge in [0.05, 0.1) is 24.3 Å². The van der Waals surface area contributed by atoms with Crippen LogP contribution in [0, 0.1) is 6.92 Å². The number of para-hydroxylation sites is 1. The molecule has 4 aromatic carbocycles. The maximum Gasteiger partial charge on any atom is 0.647 e. The van der Waals surface area contributed by atoms with E-state index >= 15 is 0 Å². The third-order valence-corrected chi connectivity index (χ3v) is 7.81. The summed E-state index contributed by atoms with van der Waals surface area (Å²) >= 11 is 0. The SMILES string of the molecule is CCCCOC(=O)c1ccccc1C(=O)OCCCCc1cccc(OP(=O)(Oc2ccccc2)Oc2ccc(C)cc2)c1. The molecule has 0 heterocycles. The summed E-state index contributed by atoms with van der Waals surface area (Å²) in [7, 11) is -4.11. The molecule has 0 radical (unpaired) electrons. The number of ether oxygens (including phenoxy) is 2. The lowest BCUT2D eigenvalue weighted by Gasteiger charge is -2.20. The van der Waals surface area contributed by atoms with Gasteiger partial charge in [0.25, 0.3) is 0 Å². The molecule has 9 heteroatoms. The Balaban J connectivity index is 1.32. The monoisotopic (exact) mass is 616 g/mol. The number of hydrogen-bond acceptors (Lipinski definition) is 8. The van der Waals surface area contributed by atoms with Crippen LogP contribution in [0.1, 0.15) is 64.4 Å². The molecule has 0 aliphatic heterocycles. The Bertz CT molecular complexity index is 1550. The van der Waals surface area contributed by atoms with Crippen LogP contribution in [-0.2, 0) is 20.5 Å². The summed E-state index contributed by atoms with van der Waals surface area (Å²) in [6, 6.07) is 29.5. The Morgan fingerprint density at radius 2 is 1.16 bits per heavy atom. The van der Waals surface area contributed by atoms with Crippen LogP contribution in [0.15, 0.2) is 103 Å². The summed E-state index contributed by atoms with van der Waals surface area (Å²) in [5.74, 6) is -0.0498. The molecule has 8 nitrogen and oxygen atoms in total. The number of rotatable bonds is 16. The summed E-state index contributed by atoms with van der Waals surface area (Å²) in [5.41, 5.74) is 2.36. The van der Waals surface area contributed by atoms with Crippen molar-refractivity contribution in [2.75, 3.05) is 13.2 Å². The van der Waals surface area contributed by atoms with Crippen molar-refractivity contribution in [2.24, 2.45) is 0 Å². The van der Waals surface area contributed by atoms with Gasteiger partial charge in [-0.25, -0.2) is 9.59 Å². The number of aryl methyl sites for hydroxylation is 2. The van der Waals surface area contributed by atoms with E-state index in [0.717, 1.165) is 30.4 Å². The Morgan fingerprint density at radius 3 is 1.80 bits per heavy atom. The highest BCUT2D eigenvalue weighted by molar-refractivity contribution is 7.49. The minimum atomic E-state index is -4.11. The summed E-state index contributed by atoms with van der Waals surface area (Å²) in [6.45, 7) is 4.46. The minimum absolute atomic E-state index is 0.189. The summed E-state index contributed by atoms with van der Waals surface area (Å²) in [5, 5.41) is 0. The van der Waals surface area contributed by atoms with E-state index in [1.165, 1.54) is 0 Å². The van der Waals surface area contributed by atoms with Crippen LogP contribution in [0.25, 0.3) is 0 Å². The van der Waals surface area contributed by atoms with Crippen LogP contribution in [0.4, 0.5) is 0 Å². The topological polar surface area (TPSA) is 97.4 Å². The number of unbranched alkanes of at least 4 members (excludes halogenated alkanes) is 2. The van der Waals surface area contributed by atoms with Crippen molar-refractivity contribution >= 4 is 19.8 Å². The minimum Gasteiger partial charge on any atom is -0.462 e. The highest BCUT2D eigenvalue weighted by atomic mass is 31.2. The second kappa shape index (κ2) is 16.3. The van der Waals surface area contributed by atoms with Gasteiger partial charge in [-0.15, -0.1) is 0 Å². The fraction of sp³-hybridized carbons (Fsp3) is 0.257.